The Morgan fingerprint density at radius 1 is 1.15 bits per heavy atom. The van der Waals surface area contributed by atoms with Crippen molar-refractivity contribution in [1.29, 1.82) is 0 Å². The van der Waals surface area contributed by atoms with E-state index in [1.807, 2.05) is 6.92 Å². The van der Waals surface area contributed by atoms with Crippen LogP contribution in [0.5, 0.6) is 0 Å². The molecule has 2 aromatic rings. The lowest BCUT2D eigenvalue weighted by molar-refractivity contribution is 0.402. The summed E-state index contributed by atoms with van der Waals surface area (Å²) in [5.41, 5.74) is 6.44. The Hall–Kier alpha value is -1.45. The number of halogens is 3. The predicted octanol–water partition coefficient (Wildman–Crippen LogP) is 4.42. The van der Waals surface area contributed by atoms with Crippen LogP contribution in [-0.2, 0) is 12.0 Å². The molecule has 0 saturated heterocycles. The zero-order valence-corrected chi connectivity index (χ0v) is 11.9. The van der Waals surface area contributed by atoms with Crippen LogP contribution >= 0.6 is 11.6 Å². The smallest absolute Gasteiger partial charge is 0.128 e. The van der Waals surface area contributed by atoms with Gasteiger partial charge in [-0.05, 0) is 42.7 Å². The highest BCUT2D eigenvalue weighted by Gasteiger charge is 2.29. The summed E-state index contributed by atoms with van der Waals surface area (Å²) in [6.45, 7) is 1.87. The van der Waals surface area contributed by atoms with E-state index in [0.717, 1.165) is 0 Å². The van der Waals surface area contributed by atoms with Gasteiger partial charge in [-0.2, -0.15) is 0 Å². The van der Waals surface area contributed by atoms with Crippen molar-refractivity contribution >= 4 is 11.6 Å². The number of hydrogen-bond acceptors (Lipinski definition) is 1. The Kier molecular flexibility index (Phi) is 4.41. The van der Waals surface area contributed by atoms with Gasteiger partial charge in [-0.15, -0.1) is 0 Å². The van der Waals surface area contributed by atoms with Gasteiger partial charge in [0.05, 0.1) is 0 Å². The normalized spacial score (nSPS) is 14.1. The Labute approximate surface area is 122 Å². The first-order valence-corrected chi connectivity index (χ1v) is 6.82. The van der Waals surface area contributed by atoms with Gasteiger partial charge in [0.1, 0.15) is 11.6 Å². The summed E-state index contributed by atoms with van der Waals surface area (Å²) in [4.78, 5) is 0. The van der Waals surface area contributed by atoms with Crippen LogP contribution in [0.1, 0.15) is 24.5 Å². The molecule has 0 fully saturated rings. The predicted molar refractivity (Wildman–Crippen MR) is 77.7 cm³/mol. The minimum absolute atomic E-state index is 0.279. The molecule has 2 aromatic carbocycles. The van der Waals surface area contributed by atoms with Crippen molar-refractivity contribution in [2.75, 3.05) is 0 Å². The molecule has 0 aliphatic carbocycles. The van der Waals surface area contributed by atoms with E-state index in [-0.39, 0.29) is 18.1 Å². The van der Waals surface area contributed by atoms with Crippen molar-refractivity contribution in [3.05, 3.63) is 70.2 Å². The molecule has 0 radical (unpaired) electrons. The van der Waals surface area contributed by atoms with Crippen LogP contribution in [0.2, 0.25) is 5.02 Å². The molecule has 0 aliphatic heterocycles. The van der Waals surface area contributed by atoms with E-state index < -0.39 is 5.54 Å². The van der Waals surface area contributed by atoms with Crippen LogP contribution in [0.25, 0.3) is 0 Å². The Morgan fingerprint density at radius 3 is 2.50 bits per heavy atom. The Bertz CT molecular complexity index is 615. The van der Waals surface area contributed by atoms with Crippen molar-refractivity contribution in [2.45, 2.75) is 25.3 Å². The molecule has 2 N–H and O–H groups in total. The first-order chi connectivity index (χ1) is 9.46. The first-order valence-electron chi connectivity index (χ1n) is 6.44. The quantitative estimate of drug-likeness (QED) is 0.887. The summed E-state index contributed by atoms with van der Waals surface area (Å²) in [6, 6.07) is 10.5. The van der Waals surface area contributed by atoms with Gasteiger partial charge in [0, 0.05) is 16.1 Å². The summed E-state index contributed by atoms with van der Waals surface area (Å²) in [5, 5.41) is 0.436. The van der Waals surface area contributed by atoms with Gasteiger partial charge in [0.2, 0.25) is 0 Å². The van der Waals surface area contributed by atoms with Crippen LogP contribution in [0.3, 0.4) is 0 Å². The number of benzene rings is 2. The molecule has 0 heterocycles. The molecule has 1 unspecified atom stereocenters. The third-order valence-corrected chi connectivity index (χ3v) is 3.92. The second kappa shape index (κ2) is 5.90. The van der Waals surface area contributed by atoms with E-state index in [4.69, 9.17) is 17.3 Å². The summed E-state index contributed by atoms with van der Waals surface area (Å²) in [7, 11) is 0. The zero-order valence-electron chi connectivity index (χ0n) is 11.2. The Balaban J connectivity index is 2.42. The molecule has 0 amide bonds. The standard InChI is InChI=1S/C16H16ClF2N/c1-2-16(20,13-5-3-4-6-15(13)19)10-11-9-12(18)7-8-14(11)17/h3-9H,2,10,20H2,1H3. The molecule has 0 spiro atoms. The maximum absolute atomic E-state index is 14.0. The molecule has 0 aromatic heterocycles. The van der Waals surface area contributed by atoms with Gasteiger partial charge in [0.25, 0.3) is 0 Å². The van der Waals surface area contributed by atoms with Crippen molar-refractivity contribution < 1.29 is 8.78 Å². The molecule has 20 heavy (non-hydrogen) atoms. The van der Waals surface area contributed by atoms with Gasteiger partial charge >= 0.3 is 0 Å². The Morgan fingerprint density at radius 2 is 1.85 bits per heavy atom. The van der Waals surface area contributed by atoms with Crippen LogP contribution in [-0.4, -0.2) is 0 Å². The minimum atomic E-state index is -0.914. The van der Waals surface area contributed by atoms with Crippen LogP contribution in [0.4, 0.5) is 8.78 Å². The van der Waals surface area contributed by atoms with Crippen LogP contribution in [0, 0.1) is 11.6 Å². The van der Waals surface area contributed by atoms with E-state index in [1.165, 1.54) is 24.3 Å². The SMILES string of the molecule is CCC(N)(Cc1cc(F)ccc1Cl)c1ccccc1F. The molecular formula is C16H16ClF2N. The highest BCUT2D eigenvalue weighted by molar-refractivity contribution is 6.31. The molecular weight excluding hydrogens is 280 g/mol. The largest absolute Gasteiger partial charge is 0.321 e. The first kappa shape index (κ1) is 14.9. The van der Waals surface area contributed by atoms with Crippen LogP contribution < -0.4 is 5.73 Å². The topological polar surface area (TPSA) is 26.0 Å². The van der Waals surface area contributed by atoms with E-state index in [1.54, 1.807) is 18.2 Å². The fourth-order valence-electron chi connectivity index (χ4n) is 2.29. The summed E-state index contributed by atoms with van der Waals surface area (Å²) in [5.74, 6) is -0.735. The van der Waals surface area contributed by atoms with Gasteiger partial charge in [-0.1, -0.05) is 36.7 Å². The monoisotopic (exact) mass is 295 g/mol. The fraction of sp³-hybridized carbons (Fsp3) is 0.250. The van der Waals surface area contributed by atoms with E-state index in [0.29, 0.717) is 22.6 Å². The molecule has 2 rings (SSSR count). The number of rotatable bonds is 4. The lowest BCUT2D eigenvalue weighted by Gasteiger charge is -2.29. The third-order valence-electron chi connectivity index (χ3n) is 3.55. The van der Waals surface area contributed by atoms with Gasteiger partial charge in [-0.25, -0.2) is 8.78 Å². The lowest BCUT2D eigenvalue weighted by atomic mass is 9.82. The average Bonchev–Trinajstić information content (AvgIpc) is 2.43. The molecule has 0 saturated carbocycles. The second-order valence-electron chi connectivity index (χ2n) is 4.90. The number of hydrogen-bond donors (Lipinski definition) is 1. The van der Waals surface area contributed by atoms with Crippen molar-refractivity contribution in [1.82, 2.24) is 0 Å². The maximum Gasteiger partial charge on any atom is 0.128 e. The molecule has 1 nitrogen and oxygen atoms in total. The summed E-state index contributed by atoms with van der Waals surface area (Å²) in [6.07, 6.45) is 0.793. The molecule has 1 atom stereocenters. The summed E-state index contributed by atoms with van der Waals surface area (Å²) >= 11 is 6.07. The zero-order chi connectivity index (χ0) is 14.8. The van der Waals surface area contributed by atoms with Gasteiger partial charge in [-0.3, -0.25) is 0 Å². The highest BCUT2D eigenvalue weighted by Crippen LogP contribution is 2.31. The van der Waals surface area contributed by atoms with E-state index in [2.05, 4.69) is 0 Å². The highest BCUT2D eigenvalue weighted by atomic mass is 35.5. The average molecular weight is 296 g/mol. The lowest BCUT2D eigenvalue weighted by Crippen LogP contribution is -2.39. The minimum Gasteiger partial charge on any atom is -0.321 e. The summed E-state index contributed by atoms with van der Waals surface area (Å²) < 4.78 is 27.3. The fourth-order valence-corrected chi connectivity index (χ4v) is 2.48. The molecule has 4 heteroatoms. The molecule has 106 valence electrons. The van der Waals surface area contributed by atoms with Gasteiger partial charge < -0.3 is 5.73 Å². The second-order valence-corrected chi connectivity index (χ2v) is 5.31. The van der Waals surface area contributed by atoms with Crippen molar-refractivity contribution in [2.24, 2.45) is 5.73 Å². The molecule has 0 aliphatic rings. The van der Waals surface area contributed by atoms with Crippen LogP contribution in [0.15, 0.2) is 42.5 Å². The van der Waals surface area contributed by atoms with Gasteiger partial charge in [0.15, 0.2) is 0 Å². The third kappa shape index (κ3) is 3.00. The van der Waals surface area contributed by atoms with Crippen molar-refractivity contribution in [3.8, 4) is 0 Å². The van der Waals surface area contributed by atoms with E-state index >= 15 is 0 Å². The van der Waals surface area contributed by atoms with E-state index in [9.17, 15) is 8.78 Å². The molecule has 0 bridgehead atoms. The maximum atomic E-state index is 14.0. The van der Waals surface area contributed by atoms with Crippen molar-refractivity contribution in [3.63, 3.8) is 0 Å². The number of nitrogens with two attached hydrogens (primary N) is 1.